The van der Waals surface area contributed by atoms with Crippen LogP contribution >= 0.6 is 0 Å². The van der Waals surface area contributed by atoms with Crippen molar-refractivity contribution in [1.82, 2.24) is 0 Å². The first-order valence-electron chi connectivity index (χ1n) is 10.4. The highest BCUT2D eigenvalue weighted by atomic mass is 32.2. The molecule has 3 aromatic rings. The van der Waals surface area contributed by atoms with E-state index in [0.717, 1.165) is 29.2 Å². The number of fused-ring (bicyclic) bond motifs is 2. The van der Waals surface area contributed by atoms with Crippen LogP contribution in [0.1, 0.15) is 12.8 Å². The second kappa shape index (κ2) is 9.56. The van der Waals surface area contributed by atoms with Crippen molar-refractivity contribution in [2.75, 3.05) is 11.4 Å². The SMILES string of the molecule is CC(=Cc1oc2cc(S(=O)(=O)[O-])ccc2[n+]1CC(=O)O)C=C1Oc2ccc(S(=O)(=O)[O-])cc2N1CC(=O)O. The number of allylic oxidation sites excluding steroid dienone is 2. The Morgan fingerprint density at radius 1 is 1.00 bits per heavy atom. The van der Waals surface area contributed by atoms with Crippen LogP contribution in [-0.4, -0.2) is 54.6 Å². The van der Waals surface area contributed by atoms with Crippen molar-refractivity contribution in [3.63, 3.8) is 0 Å². The van der Waals surface area contributed by atoms with E-state index in [9.17, 15) is 45.7 Å². The lowest BCUT2D eigenvalue weighted by molar-refractivity contribution is -0.666. The van der Waals surface area contributed by atoms with Gasteiger partial charge in [0.1, 0.15) is 26.8 Å². The largest absolute Gasteiger partial charge is 0.744 e. The molecule has 0 spiro atoms. The number of hydrogen-bond acceptors (Lipinski definition) is 11. The maximum absolute atomic E-state index is 11.5. The van der Waals surface area contributed by atoms with Crippen LogP contribution in [0.25, 0.3) is 17.2 Å². The molecule has 4 rings (SSSR count). The minimum atomic E-state index is -4.83. The van der Waals surface area contributed by atoms with Crippen LogP contribution in [0.5, 0.6) is 5.75 Å². The van der Waals surface area contributed by atoms with Crippen LogP contribution in [0.4, 0.5) is 5.69 Å². The Morgan fingerprint density at radius 3 is 2.24 bits per heavy atom. The number of anilines is 1. The molecule has 38 heavy (non-hydrogen) atoms. The number of aliphatic carboxylic acids is 2. The van der Waals surface area contributed by atoms with Gasteiger partial charge < -0.3 is 28.5 Å². The lowest BCUT2D eigenvalue weighted by Crippen LogP contribution is -2.39. The van der Waals surface area contributed by atoms with Crippen molar-refractivity contribution in [3.8, 4) is 5.75 Å². The molecule has 0 saturated heterocycles. The van der Waals surface area contributed by atoms with Gasteiger partial charge >= 0.3 is 17.8 Å². The van der Waals surface area contributed by atoms with Gasteiger partial charge in [0.05, 0.1) is 21.6 Å². The zero-order chi connectivity index (χ0) is 28.0. The summed E-state index contributed by atoms with van der Waals surface area (Å²) in [6, 6.07) is 6.42. The fourth-order valence-electron chi connectivity index (χ4n) is 3.72. The highest BCUT2D eigenvalue weighted by Crippen LogP contribution is 2.40. The molecule has 1 aromatic heterocycles. The van der Waals surface area contributed by atoms with Gasteiger partial charge in [0.2, 0.25) is 18.0 Å². The topological polar surface area (TPSA) is 218 Å². The predicted molar refractivity (Wildman–Crippen MR) is 124 cm³/mol. The molecule has 0 saturated carbocycles. The minimum absolute atomic E-state index is 0.0272. The van der Waals surface area contributed by atoms with Gasteiger partial charge in [0, 0.05) is 18.2 Å². The quantitative estimate of drug-likeness (QED) is 0.286. The Balaban J connectivity index is 1.79. The van der Waals surface area contributed by atoms with Gasteiger partial charge in [-0.3, -0.25) is 9.69 Å². The number of ether oxygens (including phenoxy) is 1. The van der Waals surface area contributed by atoms with Gasteiger partial charge in [-0.15, -0.1) is 4.57 Å². The van der Waals surface area contributed by atoms with Crippen LogP contribution in [0.2, 0.25) is 0 Å². The zero-order valence-corrected chi connectivity index (χ0v) is 20.9. The van der Waals surface area contributed by atoms with E-state index in [0.29, 0.717) is 5.57 Å². The van der Waals surface area contributed by atoms with Crippen LogP contribution in [0, 0.1) is 0 Å². The molecule has 2 heterocycles. The molecule has 2 N–H and O–H groups in total. The van der Waals surface area contributed by atoms with E-state index >= 15 is 0 Å². The average molecular weight is 566 g/mol. The van der Waals surface area contributed by atoms with Crippen molar-refractivity contribution >= 4 is 55.0 Å². The maximum atomic E-state index is 11.5. The Labute approximate surface area is 214 Å². The summed E-state index contributed by atoms with van der Waals surface area (Å²) in [5.41, 5.74) is 0.488. The molecule has 0 bridgehead atoms. The van der Waals surface area contributed by atoms with Gasteiger partial charge in [-0.1, -0.05) is 0 Å². The highest BCUT2D eigenvalue weighted by Gasteiger charge is 2.30. The third-order valence-electron chi connectivity index (χ3n) is 5.27. The maximum Gasteiger partial charge on any atom is 0.374 e. The molecule has 14 nitrogen and oxygen atoms in total. The second-order valence-corrected chi connectivity index (χ2v) is 10.8. The first-order chi connectivity index (χ1) is 17.6. The first-order valence-corrected chi connectivity index (χ1v) is 13.3. The summed E-state index contributed by atoms with van der Waals surface area (Å²) < 4.78 is 80.8. The smallest absolute Gasteiger partial charge is 0.374 e. The summed E-state index contributed by atoms with van der Waals surface area (Å²) in [7, 11) is -9.63. The van der Waals surface area contributed by atoms with Crippen molar-refractivity contribution in [1.29, 1.82) is 0 Å². The van der Waals surface area contributed by atoms with Crippen molar-refractivity contribution in [2.24, 2.45) is 0 Å². The Morgan fingerprint density at radius 2 is 1.63 bits per heavy atom. The first kappa shape index (κ1) is 26.8. The van der Waals surface area contributed by atoms with Crippen LogP contribution in [0.3, 0.4) is 0 Å². The fraction of sp³-hybridized carbons (Fsp3) is 0.136. The van der Waals surface area contributed by atoms with Crippen molar-refractivity contribution in [2.45, 2.75) is 23.3 Å². The number of nitrogens with zero attached hydrogens (tertiary/aromatic N) is 2. The second-order valence-electron chi connectivity index (χ2n) is 8.04. The molecule has 16 heteroatoms. The fourth-order valence-corrected chi connectivity index (χ4v) is 4.70. The van der Waals surface area contributed by atoms with E-state index in [2.05, 4.69) is 0 Å². The highest BCUT2D eigenvalue weighted by molar-refractivity contribution is 7.86. The minimum Gasteiger partial charge on any atom is -0.744 e. The Kier molecular flexibility index (Phi) is 6.75. The molecule has 1 aliphatic heterocycles. The molecule has 0 aliphatic carbocycles. The predicted octanol–water partition coefficient (Wildman–Crippen LogP) is 0.841. The van der Waals surface area contributed by atoms with Gasteiger partial charge in [-0.25, -0.2) is 21.6 Å². The standard InChI is InChI=1S/C22H18N2O12S2/c1-12(6-19-23(10-21(25)26)15-4-2-14(38(32,33)34)9-18(15)36-19)7-20-24(11-22(27)28)16-8-13(37(29,30)31)3-5-17(16)35-20/h2-9H,10-11H2,1H3,(H3-,25,26,27,28,29,30,31,32,33,34)/p-1. The average Bonchev–Trinajstić information content (AvgIpc) is 3.28. The number of carboxylic acids is 2. The van der Waals surface area contributed by atoms with E-state index in [4.69, 9.17) is 9.15 Å². The molecule has 200 valence electrons. The monoisotopic (exact) mass is 565 g/mol. The molecule has 1 aliphatic rings. The van der Waals surface area contributed by atoms with Gasteiger partial charge in [0.25, 0.3) is 5.52 Å². The van der Waals surface area contributed by atoms with E-state index in [-0.39, 0.29) is 34.3 Å². The lowest BCUT2D eigenvalue weighted by Gasteiger charge is -2.16. The third kappa shape index (κ3) is 5.52. The van der Waals surface area contributed by atoms with Crippen LogP contribution in [0.15, 0.2) is 68.1 Å². The zero-order valence-electron chi connectivity index (χ0n) is 19.2. The van der Waals surface area contributed by atoms with Crippen LogP contribution in [-0.2, 0) is 36.4 Å². The number of oxazole rings is 1. The summed E-state index contributed by atoms with van der Waals surface area (Å²) >= 11 is 0. The molecular formula is C22H17N2O12S2-. The summed E-state index contributed by atoms with van der Waals surface area (Å²) in [5.74, 6) is -2.52. The number of rotatable bonds is 8. The molecule has 0 atom stereocenters. The van der Waals surface area contributed by atoms with E-state index in [1.54, 1.807) is 0 Å². The number of hydrogen-bond donors (Lipinski definition) is 2. The molecule has 0 fully saturated rings. The van der Waals surface area contributed by atoms with Gasteiger partial charge in [-0.2, -0.15) is 0 Å². The molecular weight excluding hydrogens is 548 g/mol. The molecule has 0 amide bonds. The summed E-state index contributed by atoms with van der Waals surface area (Å²) in [6.45, 7) is 0.313. The number of carbonyl (C=O) groups is 2. The van der Waals surface area contributed by atoms with Crippen molar-refractivity contribution in [3.05, 3.63) is 59.8 Å². The van der Waals surface area contributed by atoms with Crippen LogP contribution < -0.4 is 14.2 Å². The van der Waals surface area contributed by atoms with E-state index < -0.39 is 55.1 Å². The van der Waals surface area contributed by atoms with E-state index in [1.165, 1.54) is 35.8 Å². The molecule has 0 radical (unpaired) electrons. The Hall–Kier alpha value is -4.25. The van der Waals surface area contributed by atoms with Gasteiger partial charge in [0.15, 0.2) is 5.75 Å². The number of carboxylic acid groups (broad SMARTS) is 2. The lowest BCUT2D eigenvalue weighted by atomic mass is 10.2. The number of aromatic nitrogens is 1. The molecule has 2 aromatic carbocycles. The summed E-state index contributed by atoms with van der Waals surface area (Å²) in [6.07, 6.45) is 2.72. The Bertz CT molecular complexity index is 1770. The summed E-state index contributed by atoms with van der Waals surface area (Å²) in [5, 5.41) is 18.7. The summed E-state index contributed by atoms with van der Waals surface area (Å²) in [4.78, 5) is 22.9. The normalized spacial score (nSPS) is 15.1. The third-order valence-corrected chi connectivity index (χ3v) is 6.93. The molecule has 0 unspecified atom stereocenters. The van der Waals surface area contributed by atoms with Crippen molar-refractivity contribution < 1.29 is 59.5 Å². The van der Waals surface area contributed by atoms with Gasteiger partial charge in [-0.05, 0) is 36.8 Å². The number of benzene rings is 2. The van der Waals surface area contributed by atoms with E-state index in [1.807, 2.05) is 0 Å².